The summed E-state index contributed by atoms with van der Waals surface area (Å²) in [6.45, 7) is 2.30. The van der Waals surface area contributed by atoms with Crippen molar-refractivity contribution in [3.05, 3.63) is 77.7 Å². The molecule has 0 radical (unpaired) electrons. The van der Waals surface area contributed by atoms with E-state index >= 15 is 0 Å². The van der Waals surface area contributed by atoms with Crippen LogP contribution in [0.3, 0.4) is 0 Å². The number of sulfone groups is 1. The number of nitrogens with one attached hydrogen (secondary N) is 2. The third kappa shape index (κ3) is 9.31. The van der Waals surface area contributed by atoms with Crippen LogP contribution in [0.5, 0.6) is 0 Å². The summed E-state index contributed by atoms with van der Waals surface area (Å²) in [7, 11) is -3.67. The van der Waals surface area contributed by atoms with Crippen LogP contribution in [-0.4, -0.2) is 70.2 Å². The molecule has 0 aliphatic carbocycles. The van der Waals surface area contributed by atoms with Crippen LogP contribution in [0, 0.1) is 0 Å². The van der Waals surface area contributed by atoms with Crippen LogP contribution in [0.25, 0.3) is 0 Å². The fraction of sp³-hybridized carbons (Fsp3) is 0.407. The standard InChI is InChI=1S/C27H36N4O5S/c28-15-8-7-11-23(14-20-37(34,35)24-12-5-2-6-13-24)29-26(32)25(21-22-9-3-1-4-10-22)30-27(33)31-16-18-36-19-17-31/h1-6,9-10,12-14,20,23,25H,7-8,11,15-19,21,28H2,(H,29,32)(H,30,33)/b20-14+/t23-,25-/m0/s1. The van der Waals surface area contributed by atoms with Crippen LogP contribution in [0.2, 0.25) is 0 Å². The first-order valence-electron chi connectivity index (χ1n) is 12.5. The van der Waals surface area contributed by atoms with E-state index in [2.05, 4.69) is 10.6 Å². The van der Waals surface area contributed by atoms with Gasteiger partial charge in [0, 0.05) is 31.0 Å². The molecule has 37 heavy (non-hydrogen) atoms. The van der Waals surface area contributed by atoms with Gasteiger partial charge in [-0.15, -0.1) is 0 Å². The van der Waals surface area contributed by atoms with Crippen molar-refractivity contribution in [2.75, 3.05) is 32.8 Å². The highest BCUT2D eigenvalue weighted by Gasteiger charge is 2.26. The maximum atomic E-state index is 13.4. The van der Waals surface area contributed by atoms with Gasteiger partial charge in [-0.05, 0) is 43.5 Å². The second kappa shape index (κ2) is 14.5. The first kappa shape index (κ1) is 28.4. The normalized spacial score (nSPS) is 15.8. The van der Waals surface area contributed by atoms with E-state index in [1.165, 1.54) is 18.2 Å². The lowest BCUT2D eigenvalue weighted by molar-refractivity contribution is -0.123. The summed E-state index contributed by atoms with van der Waals surface area (Å²) in [6.07, 6.45) is 3.76. The molecule has 3 amide bonds. The molecule has 2 aromatic rings. The van der Waals surface area contributed by atoms with E-state index < -0.39 is 21.9 Å². The number of hydrogen-bond donors (Lipinski definition) is 3. The second-order valence-electron chi connectivity index (χ2n) is 8.88. The van der Waals surface area contributed by atoms with Crippen molar-refractivity contribution < 1.29 is 22.7 Å². The molecule has 3 rings (SSSR count). The monoisotopic (exact) mass is 528 g/mol. The van der Waals surface area contributed by atoms with Gasteiger partial charge < -0.3 is 26.0 Å². The Bertz CT molecular complexity index is 1120. The average molecular weight is 529 g/mol. The van der Waals surface area contributed by atoms with Gasteiger partial charge in [-0.2, -0.15) is 0 Å². The minimum Gasteiger partial charge on any atom is -0.378 e. The molecule has 1 heterocycles. The smallest absolute Gasteiger partial charge is 0.318 e. The van der Waals surface area contributed by atoms with Gasteiger partial charge in [0.1, 0.15) is 6.04 Å². The average Bonchev–Trinajstić information content (AvgIpc) is 2.93. The van der Waals surface area contributed by atoms with Crippen molar-refractivity contribution in [1.82, 2.24) is 15.5 Å². The van der Waals surface area contributed by atoms with Crippen LogP contribution in [0.15, 0.2) is 77.0 Å². The first-order chi connectivity index (χ1) is 17.9. The first-order valence-corrected chi connectivity index (χ1v) is 14.1. The van der Waals surface area contributed by atoms with E-state index in [-0.39, 0.29) is 16.8 Å². The van der Waals surface area contributed by atoms with Crippen LogP contribution in [0.1, 0.15) is 24.8 Å². The number of hydrogen-bond acceptors (Lipinski definition) is 6. The molecule has 0 spiro atoms. The molecule has 1 fully saturated rings. The van der Waals surface area contributed by atoms with Crippen LogP contribution in [0.4, 0.5) is 4.79 Å². The summed E-state index contributed by atoms with van der Waals surface area (Å²) in [6, 6.07) is 15.8. The van der Waals surface area contributed by atoms with Crippen LogP contribution in [-0.2, 0) is 25.8 Å². The fourth-order valence-corrected chi connectivity index (χ4v) is 5.05. The third-order valence-corrected chi connectivity index (χ3v) is 7.50. The topological polar surface area (TPSA) is 131 Å². The van der Waals surface area contributed by atoms with Crippen molar-refractivity contribution >= 4 is 21.8 Å². The molecule has 4 N–H and O–H groups in total. The SMILES string of the molecule is NCCCC[C@@H](/C=C/S(=O)(=O)c1ccccc1)NC(=O)[C@H](Cc1ccccc1)NC(=O)N1CCOCC1. The molecule has 10 heteroatoms. The van der Waals surface area contributed by atoms with Crippen molar-refractivity contribution in [2.24, 2.45) is 5.73 Å². The van der Waals surface area contributed by atoms with E-state index in [4.69, 9.17) is 10.5 Å². The van der Waals surface area contributed by atoms with Crippen LogP contribution >= 0.6 is 0 Å². The summed E-state index contributed by atoms with van der Waals surface area (Å²) in [5.74, 6) is -0.384. The quantitative estimate of drug-likeness (QED) is 0.362. The zero-order valence-corrected chi connectivity index (χ0v) is 21.7. The molecule has 2 aromatic carbocycles. The van der Waals surface area contributed by atoms with Crippen molar-refractivity contribution in [3.8, 4) is 0 Å². The van der Waals surface area contributed by atoms with E-state index in [1.54, 1.807) is 23.1 Å². The maximum Gasteiger partial charge on any atom is 0.318 e. The van der Waals surface area contributed by atoms with Gasteiger partial charge in [0.15, 0.2) is 9.84 Å². The molecular weight excluding hydrogens is 492 g/mol. The zero-order chi connectivity index (χ0) is 26.5. The summed E-state index contributed by atoms with van der Waals surface area (Å²) in [5, 5.41) is 6.94. The molecule has 0 bridgehead atoms. The Morgan fingerprint density at radius 1 is 0.973 bits per heavy atom. The van der Waals surface area contributed by atoms with Crippen molar-refractivity contribution in [1.29, 1.82) is 0 Å². The molecule has 0 unspecified atom stereocenters. The number of nitrogens with two attached hydrogens (primary N) is 1. The number of unbranched alkanes of at least 4 members (excludes halogenated alkanes) is 1. The summed E-state index contributed by atoms with van der Waals surface area (Å²) < 4.78 is 30.8. The molecule has 1 aliphatic heterocycles. The van der Waals surface area contributed by atoms with E-state index in [9.17, 15) is 18.0 Å². The van der Waals surface area contributed by atoms with E-state index in [1.807, 2.05) is 30.3 Å². The number of morpholine rings is 1. The number of rotatable bonds is 12. The lowest BCUT2D eigenvalue weighted by atomic mass is 10.0. The lowest BCUT2D eigenvalue weighted by Crippen LogP contribution is -2.55. The van der Waals surface area contributed by atoms with Gasteiger partial charge in [0.05, 0.1) is 18.1 Å². The Labute approximate surface area is 219 Å². The van der Waals surface area contributed by atoms with Gasteiger partial charge in [0.2, 0.25) is 5.91 Å². The van der Waals surface area contributed by atoms with Gasteiger partial charge in [-0.1, -0.05) is 54.6 Å². The highest BCUT2D eigenvalue weighted by atomic mass is 32.2. The maximum absolute atomic E-state index is 13.4. The Kier molecular flexibility index (Phi) is 11.1. The van der Waals surface area contributed by atoms with Gasteiger partial charge in [-0.3, -0.25) is 4.79 Å². The molecule has 1 aliphatic rings. The number of ether oxygens (including phenoxy) is 1. The molecule has 1 saturated heterocycles. The number of carbonyl (C=O) groups excluding carboxylic acids is 2. The number of urea groups is 1. The second-order valence-corrected chi connectivity index (χ2v) is 10.7. The summed E-state index contributed by atoms with van der Waals surface area (Å²) >= 11 is 0. The number of amides is 3. The Balaban J connectivity index is 1.76. The lowest BCUT2D eigenvalue weighted by Gasteiger charge is -2.29. The van der Waals surface area contributed by atoms with E-state index in [0.717, 1.165) is 17.4 Å². The minimum absolute atomic E-state index is 0.179. The zero-order valence-electron chi connectivity index (χ0n) is 20.9. The van der Waals surface area contributed by atoms with Crippen LogP contribution < -0.4 is 16.4 Å². The summed E-state index contributed by atoms with van der Waals surface area (Å²) in [5.41, 5.74) is 6.53. The van der Waals surface area contributed by atoms with E-state index in [0.29, 0.717) is 52.1 Å². The van der Waals surface area contributed by atoms with Gasteiger partial charge >= 0.3 is 6.03 Å². The molecule has 2 atom stereocenters. The van der Waals surface area contributed by atoms with Crippen molar-refractivity contribution in [2.45, 2.75) is 42.7 Å². The fourth-order valence-electron chi connectivity index (χ4n) is 3.96. The predicted molar refractivity (Wildman–Crippen MR) is 142 cm³/mol. The third-order valence-electron chi connectivity index (χ3n) is 6.05. The molecular formula is C27H36N4O5S. The highest BCUT2D eigenvalue weighted by Crippen LogP contribution is 2.13. The minimum atomic E-state index is -3.67. The predicted octanol–water partition coefficient (Wildman–Crippen LogP) is 2.24. The molecule has 9 nitrogen and oxygen atoms in total. The Hall–Kier alpha value is -3.21. The van der Waals surface area contributed by atoms with Gasteiger partial charge in [-0.25, -0.2) is 13.2 Å². The summed E-state index contributed by atoms with van der Waals surface area (Å²) in [4.78, 5) is 28.1. The molecule has 0 aromatic heterocycles. The molecule has 0 saturated carbocycles. The molecule has 200 valence electrons. The number of nitrogens with zero attached hydrogens (tertiary/aromatic N) is 1. The Morgan fingerprint density at radius 2 is 1.62 bits per heavy atom. The Morgan fingerprint density at radius 3 is 2.27 bits per heavy atom. The van der Waals surface area contributed by atoms with Gasteiger partial charge in [0.25, 0.3) is 0 Å². The number of benzene rings is 2. The highest BCUT2D eigenvalue weighted by molar-refractivity contribution is 7.94. The number of carbonyl (C=O) groups is 2. The largest absolute Gasteiger partial charge is 0.378 e. The van der Waals surface area contributed by atoms with Crippen molar-refractivity contribution in [3.63, 3.8) is 0 Å².